The zero-order valence-electron chi connectivity index (χ0n) is 26.3. The smallest absolute Gasteiger partial charge is 0.162 e. The van der Waals surface area contributed by atoms with E-state index in [-0.39, 0.29) is 11.9 Å². The molecule has 3 aromatic rings. The van der Waals surface area contributed by atoms with E-state index in [1.165, 1.54) is 0 Å². The van der Waals surface area contributed by atoms with Crippen LogP contribution in [0.15, 0.2) is 84.2 Å². The van der Waals surface area contributed by atoms with Gasteiger partial charge in [-0.15, -0.1) is 0 Å². The monoisotopic (exact) mass is 549 g/mol. The largest absolute Gasteiger partial charge is 0.489 e. The van der Waals surface area contributed by atoms with Crippen LogP contribution < -0.4 is 0 Å². The molecule has 41 heavy (non-hydrogen) atoms. The zero-order chi connectivity index (χ0) is 30.4. The van der Waals surface area contributed by atoms with Gasteiger partial charge in [0.2, 0.25) is 0 Å². The fraction of sp³-hybridized carbons (Fsp3) is 0.368. The van der Waals surface area contributed by atoms with E-state index in [1.54, 1.807) is 0 Å². The van der Waals surface area contributed by atoms with Crippen molar-refractivity contribution in [2.45, 2.75) is 93.6 Å². The van der Waals surface area contributed by atoms with E-state index in [4.69, 9.17) is 4.74 Å². The number of allylic oxidation sites excluding steroid dienone is 5. The topological polar surface area (TPSA) is 50.1 Å². The summed E-state index contributed by atoms with van der Waals surface area (Å²) in [5, 5.41) is 12.3. The van der Waals surface area contributed by atoms with Crippen LogP contribution in [-0.2, 0) is 4.74 Å². The van der Waals surface area contributed by atoms with Crippen LogP contribution >= 0.6 is 0 Å². The van der Waals surface area contributed by atoms with Crippen molar-refractivity contribution in [1.29, 1.82) is 5.26 Å². The van der Waals surface area contributed by atoms with Crippen molar-refractivity contribution in [3.63, 3.8) is 0 Å². The van der Waals surface area contributed by atoms with Crippen molar-refractivity contribution in [2.24, 2.45) is 0 Å². The maximum Gasteiger partial charge on any atom is 0.162 e. The Hall–Kier alpha value is -3.90. The Balaban J connectivity index is 0.00000287. The van der Waals surface area contributed by atoms with Crippen molar-refractivity contribution < 1.29 is 9.53 Å². The molecular formula is C38H47NO2. The number of fused-ring (bicyclic) bond motifs is 1. The number of hydrogen-bond donors (Lipinski definition) is 0. The summed E-state index contributed by atoms with van der Waals surface area (Å²) in [5.41, 5.74) is 6.68. The molecule has 0 spiro atoms. The minimum absolute atomic E-state index is 0.116. The predicted molar refractivity (Wildman–Crippen MR) is 176 cm³/mol. The summed E-state index contributed by atoms with van der Waals surface area (Å²) in [7, 11) is 0. The number of aryl methyl sites for hydroxylation is 1. The maximum absolute atomic E-state index is 12.1. The van der Waals surface area contributed by atoms with Gasteiger partial charge in [0.05, 0.1) is 11.7 Å². The zero-order valence-corrected chi connectivity index (χ0v) is 26.3. The quantitative estimate of drug-likeness (QED) is 0.0977. The van der Waals surface area contributed by atoms with Crippen LogP contribution in [0, 0.1) is 18.3 Å². The van der Waals surface area contributed by atoms with Crippen molar-refractivity contribution in [3.8, 4) is 17.2 Å². The summed E-state index contributed by atoms with van der Waals surface area (Å²) in [5.74, 6) is 0.806. The lowest BCUT2D eigenvalue weighted by molar-refractivity contribution is 0.0988. The van der Waals surface area contributed by atoms with E-state index in [9.17, 15) is 10.1 Å². The standard InChI is InChI=1S/C36H41NO2.C2H6/c1-7-13-31(14-8-2)39-36(11-5)30(24-37)22-26(9-3)33-16-12-15-27-23-28(17-20-34(27)33)32-19-18-29(21-25(32)6)35(38)10-4;1-2/h9,11-12,15-23,31H,7-8,10,13-14H2,1-6H3;1-2H3/b26-9+,30-22-,36-11?;. The third kappa shape index (κ3) is 8.54. The first-order valence-electron chi connectivity index (χ1n) is 15.2. The predicted octanol–water partition coefficient (Wildman–Crippen LogP) is 11.2. The number of nitrogens with zero attached hydrogens (tertiary/aromatic N) is 1. The summed E-state index contributed by atoms with van der Waals surface area (Å²) >= 11 is 0. The number of benzene rings is 3. The van der Waals surface area contributed by atoms with Gasteiger partial charge in [0, 0.05) is 12.0 Å². The molecule has 0 aliphatic rings. The molecule has 0 atom stereocenters. The lowest BCUT2D eigenvalue weighted by atomic mass is 9.92. The number of rotatable bonds is 12. The molecule has 0 fully saturated rings. The summed E-state index contributed by atoms with van der Waals surface area (Å²) in [4.78, 5) is 12.1. The molecule has 0 unspecified atom stereocenters. The van der Waals surface area contributed by atoms with Crippen molar-refractivity contribution in [3.05, 3.63) is 101 Å². The number of carbonyl (C=O) groups is 1. The number of hydrogen-bond acceptors (Lipinski definition) is 3. The second-order valence-electron chi connectivity index (χ2n) is 9.93. The minimum atomic E-state index is 0.116. The van der Waals surface area contributed by atoms with Gasteiger partial charge < -0.3 is 4.74 Å². The van der Waals surface area contributed by atoms with Gasteiger partial charge >= 0.3 is 0 Å². The normalized spacial score (nSPS) is 12.1. The molecule has 0 aliphatic heterocycles. The third-order valence-electron chi connectivity index (χ3n) is 7.15. The molecule has 216 valence electrons. The molecular weight excluding hydrogens is 502 g/mol. The van der Waals surface area contributed by atoms with Gasteiger partial charge in [0.25, 0.3) is 0 Å². The SMILES string of the molecule is CC.CC=C(OC(CCC)CCC)/C(C#N)=C\C(=C/C)c1cccc2cc(-c3ccc(C(=O)CC)cc3C)ccc12. The van der Waals surface area contributed by atoms with Gasteiger partial charge in [-0.3, -0.25) is 4.79 Å². The fourth-order valence-corrected chi connectivity index (χ4v) is 5.07. The van der Waals surface area contributed by atoms with Gasteiger partial charge in [-0.1, -0.05) is 96.0 Å². The number of Topliss-reactive ketones (excluding diaryl/α,β-unsaturated/α-hetero) is 1. The van der Waals surface area contributed by atoms with Crippen molar-refractivity contribution >= 4 is 22.1 Å². The molecule has 0 N–H and O–H groups in total. The molecule has 3 heteroatoms. The number of ketones is 1. The van der Waals surface area contributed by atoms with E-state index in [0.717, 1.165) is 69.8 Å². The lowest BCUT2D eigenvalue weighted by Crippen LogP contribution is -2.13. The number of nitriles is 1. The molecule has 0 aliphatic carbocycles. The highest BCUT2D eigenvalue weighted by Crippen LogP contribution is 2.33. The van der Waals surface area contributed by atoms with Crippen LogP contribution in [0.25, 0.3) is 27.5 Å². The average Bonchev–Trinajstić information content (AvgIpc) is 3.01. The Morgan fingerprint density at radius 3 is 2.22 bits per heavy atom. The molecule has 0 heterocycles. The van der Waals surface area contributed by atoms with Crippen LogP contribution in [-0.4, -0.2) is 11.9 Å². The molecule has 0 aromatic heterocycles. The molecule has 0 amide bonds. The van der Waals surface area contributed by atoms with Gasteiger partial charge in [0.15, 0.2) is 5.78 Å². The average molecular weight is 550 g/mol. The van der Waals surface area contributed by atoms with Crippen LogP contribution in [0.5, 0.6) is 0 Å². The van der Waals surface area contributed by atoms with Gasteiger partial charge in [-0.2, -0.15) is 5.26 Å². The van der Waals surface area contributed by atoms with E-state index in [1.807, 2.05) is 65.0 Å². The van der Waals surface area contributed by atoms with Crippen molar-refractivity contribution in [2.75, 3.05) is 0 Å². The Morgan fingerprint density at radius 2 is 1.66 bits per heavy atom. The second kappa shape index (κ2) is 17.0. The fourth-order valence-electron chi connectivity index (χ4n) is 5.07. The molecule has 3 nitrogen and oxygen atoms in total. The third-order valence-corrected chi connectivity index (χ3v) is 7.15. The van der Waals surface area contributed by atoms with Gasteiger partial charge in [-0.05, 0) is 96.5 Å². The van der Waals surface area contributed by atoms with Gasteiger partial charge in [0.1, 0.15) is 11.8 Å². The Bertz CT molecular complexity index is 1440. The highest BCUT2D eigenvalue weighted by Gasteiger charge is 2.15. The Morgan fingerprint density at radius 1 is 0.951 bits per heavy atom. The number of ether oxygens (including phenoxy) is 1. The van der Waals surface area contributed by atoms with Crippen molar-refractivity contribution in [1.82, 2.24) is 0 Å². The molecule has 0 radical (unpaired) electrons. The first kappa shape index (κ1) is 33.3. The van der Waals surface area contributed by atoms with Crippen LogP contribution in [0.2, 0.25) is 0 Å². The summed E-state index contributed by atoms with van der Waals surface area (Å²) in [6, 6.07) is 21.1. The Kier molecular flexibility index (Phi) is 13.8. The Labute approximate surface area is 248 Å². The van der Waals surface area contributed by atoms with E-state index >= 15 is 0 Å². The molecule has 3 rings (SSSR count). The minimum Gasteiger partial charge on any atom is -0.489 e. The lowest BCUT2D eigenvalue weighted by Gasteiger charge is -2.20. The molecule has 0 bridgehead atoms. The first-order valence-corrected chi connectivity index (χ1v) is 15.2. The van der Waals surface area contributed by atoms with E-state index < -0.39 is 0 Å². The van der Waals surface area contributed by atoms with Crippen LogP contribution in [0.3, 0.4) is 0 Å². The van der Waals surface area contributed by atoms with E-state index in [0.29, 0.717) is 17.8 Å². The first-order chi connectivity index (χ1) is 19.9. The number of carbonyl (C=O) groups excluding carboxylic acids is 1. The summed E-state index contributed by atoms with van der Waals surface area (Å²) in [6.45, 7) is 16.2. The summed E-state index contributed by atoms with van der Waals surface area (Å²) < 4.78 is 6.33. The van der Waals surface area contributed by atoms with Crippen LogP contribution in [0.4, 0.5) is 0 Å². The molecule has 0 saturated carbocycles. The maximum atomic E-state index is 12.1. The highest BCUT2D eigenvalue weighted by molar-refractivity contribution is 5.99. The van der Waals surface area contributed by atoms with Crippen LogP contribution in [0.1, 0.15) is 102 Å². The second-order valence-corrected chi connectivity index (χ2v) is 9.93. The van der Waals surface area contributed by atoms with E-state index in [2.05, 4.69) is 69.3 Å². The molecule has 3 aromatic carbocycles. The molecule has 0 saturated heterocycles. The summed E-state index contributed by atoms with van der Waals surface area (Å²) in [6.07, 6.45) is 10.6. The highest BCUT2D eigenvalue weighted by atomic mass is 16.5. The van der Waals surface area contributed by atoms with Gasteiger partial charge in [-0.25, -0.2) is 0 Å².